The zero-order valence-corrected chi connectivity index (χ0v) is 9.38. The number of benzene rings is 1. The average molecular weight is 223 g/mol. The first-order chi connectivity index (χ1) is 8.33. The molecule has 0 amide bonds. The maximum absolute atomic E-state index is 5.69. The van der Waals surface area contributed by atoms with Crippen LogP contribution in [0.2, 0.25) is 0 Å². The van der Waals surface area contributed by atoms with Crippen LogP contribution in [-0.2, 0) is 6.54 Å². The molecule has 3 heteroatoms. The number of nitrogens with zero attached hydrogens (tertiary/aromatic N) is 2. The summed E-state index contributed by atoms with van der Waals surface area (Å²) >= 11 is 0. The lowest BCUT2D eigenvalue weighted by Crippen LogP contribution is -2.19. The van der Waals surface area contributed by atoms with Crippen molar-refractivity contribution in [2.24, 2.45) is 0 Å². The number of nitrogen functional groups attached to an aromatic ring is 1. The van der Waals surface area contributed by atoms with Crippen molar-refractivity contribution in [2.45, 2.75) is 6.54 Å². The standard InChI is InChI=1S/C14H13N3/c15-12-3-5-13(6-4-12)17-9-7-14-11(10-17)2-1-8-16-14/h1-9H,10,15H2. The zero-order valence-electron chi connectivity index (χ0n) is 9.38. The molecule has 1 aliphatic heterocycles. The molecule has 17 heavy (non-hydrogen) atoms. The number of hydrogen-bond donors (Lipinski definition) is 1. The molecule has 0 unspecified atom stereocenters. The van der Waals surface area contributed by atoms with Gasteiger partial charge in [-0.1, -0.05) is 6.07 Å². The van der Waals surface area contributed by atoms with E-state index in [1.807, 2.05) is 42.6 Å². The van der Waals surface area contributed by atoms with Gasteiger partial charge in [0.15, 0.2) is 0 Å². The largest absolute Gasteiger partial charge is 0.399 e. The van der Waals surface area contributed by atoms with Crippen molar-refractivity contribution < 1.29 is 0 Å². The molecule has 2 aromatic rings. The van der Waals surface area contributed by atoms with E-state index in [4.69, 9.17) is 5.73 Å². The molecule has 0 fully saturated rings. The number of fused-ring (bicyclic) bond motifs is 1. The molecule has 84 valence electrons. The summed E-state index contributed by atoms with van der Waals surface area (Å²) in [6, 6.07) is 12.0. The number of rotatable bonds is 1. The molecule has 0 aliphatic carbocycles. The second kappa shape index (κ2) is 3.94. The molecule has 0 spiro atoms. The summed E-state index contributed by atoms with van der Waals surface area (Å²) in [7, 11) is 0. The van der Waals surface area contributed by atoms with E-state index < -0.39 is 0 Å². The Kier molecular flexibility index (Phi) is 2.29. The van der Waals surface area contributed by atoms with E-state index in [-0.39, 0.29) is 0 Å². The van der Waals surface area contributed by atoms with Gasteiger partial charge in [0.05, 0.1) is 5.69 Å². The lowest BCUT2D eigenvalue weighted by atomic mass is 10.1. The Morgan fingerprint density at radius 3 is 2.76 bits per heavy atom. The minimum Gasteiger partial charge on any atom is -0.399 e. The van der Waals surface area contributed by atoms with E-state index in [9.17, 15) is 0 Å². The van der Waals surface area contributed by atoms with Crippen LogP contribution in [0.25, 0.3) is 6.08 Å². The Labute approximate surface area is 100 Å². The lowest BCUT2D eigenvalue weighted by molar-refractivity contribution is 0.938. The minimum atomic E-state index is 0.789. The molecule has 0 atom stereocenters. The summed E-state index contributed by atoms with van der Waals surface area (Å²) in [5.74, 6) is 0. The Balaban J connectivity index is 1.92. The smallest absolute Gasteiger partial charge is 0.0694 e. The molecule has 1 aromatic carbocycles. The number of hydrogen-bond acceptors (Lipinski definition) is 3. The van der Waals surface area contributed by atoms with Gasteiger partial charge in [0.2, 0.25) is 0 Å². The van der Waals surface area contributed by atoms with Crippen molar-refractivity contribution in [3.05, 3.63) is 60.1 Å². The molecular formula is C14H13N3. The maximum Gasteiger partial charge on any atom is 0.0694 e. The van der Waals surface area contributed by atoms with Gasteiger partial charge in [-0.15, -0.1) is 0 Å². The molecular weight excluding hydrogens is 210 g/mol. The van der Waals surface area contributed by atoms with Gasteiger partial charge in [0, 0.05) is 30.3 Å². The molecule has 0 bridgehead atoms. The summed E-state index contributed by atoms with van der Waals surface area (Å²) in [5.41, 5.74) is 9.92. The molecule has 2 N–H and O–H groups in total. The fraction of sp³-hybridized carbons (Fsp3) is 0.0714. The topological polar surface area (TPSA) is 42.1 Å². The summed E-state index contributed by atoms with van der Waals surface area (Å²) < 4.78 is 0. The normalized spacial score (nSPS) is 13.5. The monoisotopic (exact) mass is 223 g/mol. The molecule has 3 nitrogen and oxygen atoms in total. The van der Waals surface area contributed by atoms with E-state index in [0.717, 1.165) is 23.6 Å². The predicted octanol–water partition coefficient (Wildman–Crippen LogP) is 2.65. The fourth-order valence-electron chi connectivity index (χ4n) is 1.97. The summed E-state index contributed by atoms with van der Waals surface area (Å²) in [6.45, 7) is 0.851. The third kappa shape index (κ3) is 1.87. The van der Waals surface area contributed by atoms with Gasteiger partial charge in [-0.25, -0.2) is 0 Å². The average Bonchev–Trinajstić information content (AvgIpc) is 2.39. The molecule has 0 radical (unpaired) electrons. The van der Waals surface area contributed by atoms with Gasteiger partial charge in [-0.3, -0.25) is 4.98 Å². The van der Waals surface area contributed by atoms with E-state index >= 15 is 0 Å². The Hall–Kier alpha value is -2.29. The first-order valence-corrected chi connectivity index (χ1v) is 5.57. The molecule has 0 saturated carbocycles. The van der Waals surface area contributed by atoms with Crippen molar-refractivity contribution in [3.63, 3.8) is 0 Å². The third-order valence-corrected chi connectivity index (χ3v) is 2.90. The van der Waals surface area contributed by atoms with Gasteiger partial charge in [-0.2, -0.15) is 0 Å². The summed E-state index contributed by atoms with van der Waals surface area (Å²) in [4.78, 5) is 6.51. The minimum absolute atomic E-state index is 0.789. The highest BCUT2D eigenvalue weighted by molar-refractivity contribution is 5.63. The van der Waals surface area contributed by atoms with Crippen LogP contribution in [-0.4, -0.2) is 4.98 Å². The van der Waals surface area contributed by atoms with Crippen LogP contribution >= 0.6 is 0 Å². The second-order valence-electron chi connectivity index (χ2n) is 4.08. The van der Waals surface area contributed by atoms with Crippen molar-refractivity contribution in [2.75, 3.05) is 10.6 Å². The van der Waals surface area contributed by atoms with Gasteiger partial charge in [0.1, 0.15) is 0 Å². The van der Waals surface area contributed by atoms with Gasteiger partial charge in [-0.05, 0) is 42.0 Å². The van der Waals surface area contributed by atoms with Crippen molar-refractivity contribution in [3.8, 4) is 0 Å². The third-order valence-electron chi connectivity index (χ3n) is 2.90. The van der Waals surface area contributed by atoms with Gasteiger partial charge in [0.25, 0.3) is 0 Å². The Morgan fingerprint density at radius 2 is 1.94 bits per heavy atom. The number of anilines is 2. The molecule has 0 saturated heterocycles. The van der Waals surface area contributed by atoms with E-state index in [2.05, 4.69) is 22.2 Å². The van der Waals surface area contributed by atoms with Crippen LogP contribution in [0, 0.1) is 0 Å². The quantitative estimate of drug-likeness (QED) is 0.756. The highest BCUT2D eigenvalue weighted by Gasteiger charge is 2.11. The van der Waals surface area contributed by atoms with E-state index in [0.29, 0.717) is 0 Å². The highest BCUT2D eigenvalue weighted by atomic mass is 15.1. The molecule has 1 aliphatic rings. The Bertz CT molecular complexity index is 558. The number of pyridine rings is 1. The van der Waals surface area contributed by atoms with Crippen LogP contribution in [0.4, 0.5) is 11.4 Å². The lowest BCUT2D eigenvalue weighted by Gasteiger charge is -2.24. The zero-order chi connectivity index (χ0) is 11.7. The van der Waals surface area contributed by atoms with Crippen molar-refractivity contribution in [1.29, 1.82) is 0 Å². The Morgan fingerprint density at radius 1 is 1.12 bits per heavy atom. The van der Waals surface area contributed by atoms with Gasteiger partial charge >= 0.3 is 0 Å². The molecule has 1 aromatic heterocycles. The van der Waals surface area contributed by atoms with E-state index in [1.165, 1.54) is 5.56 Å². The summed E-state index contributed by atoms with van der Waals surface area (Å²) in [6.07, 6.45) is 5.91. The van der Waals surface area contributed by atoms with Crippen LogP contribution in [0.1, 0.15) is 11.3 Å². The van der Waals surface area contributed by atoms with E-state index in [1.54, 1.807) is 0 Å². The molecule has 3 rings (SSSR count). The first kappa shape index (κ1) is 9.90. The highest BCUT2D eigenvalue weighted by Crippen LogP contribution is 2.24. The predicted molar refractivity (Wildman–Crippen MR) is 70.3 cm³/mol. The van der Waals surface area contributed by atoms with Crippen molar-refractivity contribution in [1.82, 2.24) is 4.98 Å². The SMILES string of the molecule is Nc1ccc(N2C=Cc3ncccc3C2)cc1. The molecule has 2 heterocycles. The van der Waals surface area contributed by atoms with Crippen LogP contribution in [0.15, 0.2) is 48.8 Å². The first-order valence-electron chi connectivity index (χ1n) is 5.57. The van der Waals surface area contributed by atoms with Crippen LogP contribution in [0.5, 0.6) is 0 Å². The maximum atomic E-state index is 5.69. The number of aromatic nitrogens is 1. The van der Waals surface area contributed by atoms with Gasteiger partial charge < -0.3 is 10.6 Å². The van der Waals surface area contributed by atoms with Crippen molar-refractivity contribution >= 4 is 17.5 Å². The van der Waals surface area contributed by atoms with Crippen LogP contribution in [0.3, 0.4) is 0 Å². The second-order valence-corrected chi connectivity index (χ2v) is 4.08. The number of nitrogens with two attached hydrogens (primary N) is 1. The van der Waals surface area contributed by atoms with Crippen LogP contribution < -0.4 is 10.6 Å². The summed E-state index contributed by atoms with van der Waals surface area (Å²) in [5, 5.41) is 0. The fourth-order valence-corrected chi connectivity index (χ4v) is 1.97.